The van der Waals surface area contributed by atoms with Crippen molar-refractivity contribution in [3.8, 4) is 5.75 Å². The summed E-state index contributed by atoms with van der Waals surface area (Å²) in [5.41, 5.74) is -0.661. The van der Waals surface area contributed by atoms with Crippen molar-refractivity contribution in [2.24, 2.45) is 11.8 Å². The number of fused-ring (bicyclic) bond motifs is 3. The molecule has 0 heterocycles. The van der Waals surface area contributed by atoms with Gasteiger partial charge in [0, 0.05) is 29.6 Å². The Morgan fingerprint density at radius 3 is 2.06 bits per heavy atom. The van der Waals surface area contributed by atoms with Gasteiger partial charge in [-0.15, -0.1) is 0 Å². The van der Waals surface area contributed by atoms with E-state index in [0.29, 0.717) is 42.3 Å². The van der Waals surface area contributed by atoms with Gasteiger partial charge in [0.1, 0.15) is 5.75 Å². The number of phenols is 1. The van der Waals surface area contributed by atoms with Crippen LogP contribution in [0.15, 0.2) is 59.5 Å². The first kappa shape index (κ1) is 26.6. The summed E-state index contributed by atoms with van der Waals surface area (Å²) in [5.74, 6) is -1.08. The van der Waals surface area contributed by atoms with Gasteiger partial charge in [-0.25, -0.2) is 9.59 Å². The average molecular weight is 510 g/mol. The van der Waals surface area contributed by atoms with Crippen LogP contribution in [0, 0.1) is 11.8 Å². The molecule has 0 amide bonds. The quantitative estimate of drug-likeness (QED) is 0.321. The second kappa shape index (κ2) is 11.6. The molecule has 35 heavy (non-hydrogen) atoms. The lowest BCUT2D eigenvalue weighted by atomic mass is 9.93. The van der Waals surface area contributed by atoms with Gasteiger partial charge in [-0.05, 0) is 90.2 Å². The van der Waals surface area contributed by atoms with Crippen LogP contribution in [0.2, 0.25) is 0 Å². The molecule has 0 radical (unpaired) electrons. The monoisotopic (exact) mass is 509 g/mol. The number of nitrogens with one attached hydrogen (secondary N) is 1. The number of aliphatic carboxylic acids is 2. The first-order chi connectivity index (χ1) is 16.5. The lowest BCUT2D eigenvalue weighted by molar-refractivity contribution is -0.134. The van der Waals surface area contributed by atoms with E-state index in [-0.39, 0.29) is 16.7 Å². The van der Waals surface area contributed by atoms with E-state index in [9.17, 15) is 27.9 Å². The number of rotatable bonds is 6. The fourth-order valence-electron chi connectivity index (χ4n) is 4.72. The summed E-state index contributed by atoms with van der Waals surface area (Å²) in [4.78, 5) is 19.3. The Kier molecular flexibility index (Phi) is 8.85. The number of thioether (sulfide) groups is 1. The molecule has 3 unspecified atom stereocenters. The number of alkyl halides is 3. The highest BCUT2D eigenvalue weighted by Gasteiger charge is 2.38. The summed E-state index contributed by atoms with van der Waals surface area (Å²) in [6.07, 6.45) is 5.48. The Hall–Kier alpha value is -2.98. The van der Waals surface area contributed by atoms with Gasteiger partial charge in [0.15, 0.2) is 0 Å². The normalized spacial score (nSPS) is 21.1. The molecule has 0 spiro atoms. The van der Waals surface area contributed by atoms with Crippen LogP contribution in [0.5, 0.6) is 5.75 Å². The van der Waals surface area contributed by atoms with Crippen LogP contribution in [0.4, 0.5) is 13.2 Å². The Morgan fingerprint density at radius 1 is 0.943 bits per heavy atom. The van der Waals surface area contributed by atoms with Crippen molar-refractivity contribution >= 4 is 23.7 Å². The van der Waals surface area contributed by atoms with Crippen molar-refractivity contribution in [2.45, 2.75) is 48.7 Å². The molecule has 2 aliphatic rings. The highest BCUT2D eigenvalue weighted by Crippen LogP contribution is 2.41. The Labute approximate surface area is 204 Å². The Bertz CT molecular complexity index is 1060. The van der Waals surface area contributed by atoms with E-state index >= 15 is 0 Å². The van der Waals surface area contributed by atoms with Gasteiger partial charge in [-0.2, -0.15) is 13.2 Å². The predicted octanol–water partition coefficient (Wildman–Crippen LogP) is 5.00. The van der Waals surface area contributed by atoms with Crippen molar-refractivity contribution in [3.63, 3.8) is 0 Å². The molecule has 6 nitrogen and oxygen atoms in total. The lowest BCUT2D eigenvalue weighted by Gasteiger charge is -2.24. The van der Waals surface area contributed by atoms with Gasteiger partial charge < -0.3 is 20.6 Å². The predicted molar refractivity (Wildman–Crippen MR) is 125 cm³/mol. The molecule has 188 valence electrons. The molecule has 1 saturated carbocycles. The SMILES string of the molecule is O=C(O)/C=C\C(=O)O.Oc1ccc2c(c1)CC1CCC(C2)C1NCc1ccc(SC(F)(F)F)cc1. The van der Waals surface area contributed by atoms with E-state index in [1.165, 1.54) is 36.1 Å². The largest absolute Gasteiger partial charge is 0.508 e. The maximum Gasteiger partial charge on any atom is 0.446 e. The number of phenolic OH excluding ortho intramolecular Hbond substituents is 1. The lowest BCUT2D eigenvalue weighted by Crippen LogP contribution is -2.37. The van der Waals surface area contributed by atoms with Crippen LogP contribution in [0.25, 0.3) is 0 Å². The zero-order valence-corrected chi connectivity index (χ0v) is 19.5. The average Bonchev–Trinajstić information content (AvgIpc) is 3.05. The number of halogens is 3. The van der Waals surface area contributed by atoms with E-state index in [1.807, 2.05) is 12.1 Å². The molecule has 0 aliphatic heterocycles. The highest BCUT2D eigenvalue weighted by atomic mass is 32.2. The molecule has 3 atom stereocenters. The molecule has 1 fully saturated rings. The fraction of sp³-hybridized carbons (Fsp3) is 0.360. The number of hydrogen-bond donors (Lipinski definition) is 4. The summed E-state index contributed by atoms with van der Waals surface area (Å²) in [5, 5.41) is 29.1. The van der Waals surface area contributed by atoms with Gasteiger partial charge >= 0.3 is 17.4 Å². The van der Waals surface area contributed by atoms with Crippen molar-refractivity contribution < 1.29 is 38.1 Å². The number of aromatic hydroxyl groups is 1. The van der Waals surface area contributed by atoms with E-state index < -0.39 is 17.4 Å². The van der Waals surface area contributed by atoms with Gasteiger partial charge in [0.25, 0.3) is 0 Å². The molecular formula is C25H26F3NO5S. The van der Waals surface area contributed by atoms with Crippen LogP contribution >= 0.6 is 11.8 Å². The molecular weight excluding hydrogens is 483 g/mol. The fourth-order valence-corrected chi connectivity index (χ4v) is 5.26. The maximum absolute atomic E-state index is 12.4. The van der Waals surface area contributed by atoms with E-state index in [1.54, 1.807) is 18.2 Å². The standard InChI is InChI=1S/C21H22F3NOS.C4H4O4/c22-21(23,24)27-19-7-1-13(2-8-19)12-25-20-15-3-4-16(20)10-17-11-18(26)6-5-14(17)9-15;5-3(6)1-2-4(7)8/h1-2,5-8,11,15-16,20,25-26H,3-4,9-10,12H2;1-2H,(H,5,6)(H,7,8)/b;2-1-. The zero-order valence-electron chi connectivity index (χ0n) is 18.7. The molecule has 10 heteroatoms. The minimum Gasteiger partial charge on any atom is -0.508 e. The van der Waals surface area contributed by atoms with Crippen molar-refractivity contribution in [1.29, 1.82) is 0 Å². The summed E-state index contributed by atoms with van der Waals surface area (Å²) in [7, 11) is 0. The molecule has 2 aromatic rings. The van der Waals surface area contributed by atoms with Gasteiger partial charge in [0.05, 0.1) is 0 Å². The molecule has 2 aliphatic carbocycles. The third kappa shape index (κ3) is 8.32. The first-order valence-electron chi connectivity index (χ1n) is 11.0. The number of hydrogen-bond acceptors (Lipinski definition) is 5. The second-order valence-corrected chi connectivity index (χ2v) is 9.71. The van der Waals surface area contributed by atoms with E-state index in [2.05, 4.69) is 5.32 Å². The molecule has 4 rings (SSSR count). The maximum atomic E-state index is 12.4. The Balaban J connectivity index is 0.000000371. The van der Waals surface area contributed by atoms with Crippen LogP contribution < -0.4 is 5.32 Å². The van der Waals surface area contributed by atoms with Crippen molar-refractivity contribution in [1.82, 2.24) is 5.32 Å². The molecule has 0 saturated heterocycles. The van der Waals surface area contributed by atoms with Gasteiger partial charge in [0.2, 0.25) is 0 Å². The molecule has 2 bridgehead atoms. The van der Waals surface area contributed by atoms with Crippen LogP contribution in [0.3, 0.4) is 0 Å². The topological polar surface area (TPSA) is 107 Å². The smallest absolute Gasteiger partial charge is 0.446 e. The third-order valence-corrected chi connectivity index (χ3v) is 6.88. The summed E-state index contributed by atoms with van der Waals surface area (Å²) >= 11 is -0.0776. The summed E-state index contributed by atoms with van der Waals surface area (Å²) < 4.78 is 37.3. The zero-order chi connectivity index (χ0) is 25.6. The number of benzene rings is 2. The molecule has 4 N–H and O–H groups in total. The number of carboxylic acid groups (broad SMARTS) is 2. The third-order valence-electron chi connectivity index (χ3n) is 6.15. The number of carbonyl (C=O) groups is 2. The molecule has 2 aromatic carbocycles. The Morgan fingerprint density at radius 2 is 1.51 bits per heavy atom. The second-order valence-electron chi connectivity index (χ2n) is 8.57. The van der Waals surface area contributed by atoms with E-state index in [4.69, 9.17) is 10.2 Å². The van der Waals surface area contributed by atoms with Gasteiger partial charge in [-0.1, -0.05) is 18.2 Å². The highest BCUT2D eigenvalue weighted by molar-refractivity contribution is 8.00. The summed E-state index contributed by atoms with van der Waals surface area (Å²) in [6.45, 7) is 0.663. The van der Waals surface area contributed by atoms with Crippen LogP contribution in [-0.2, 0) is 29.0 Å². The van der Waals surface area contributed by atoms with Gasteiger partial charge in [-0.3, -0.25) is 0 Å². The van der Waals surface area contributed by atoms with Crippen LogP contribution in [-0.4, -0.2) is 38.8 Å². The van der Waals surface area contributed by atoms with Crippen molar-refractivity contribution in [2.75, 3.05) is 0 Å². The minimum absolute atomic E-state index is 0.0776. The molecule has 0 aromatic heterocycles. The number of carboxylic acids is 2. The van der Waals surface area contributed by atoms with E-state index in [0.717, 1.165) is 18.4 Å². The van der Waals surface area contributed by atoms with Crippen molar-refractivity contribution in [3.05, 3.63) is 71.3 Å². The minimum atomic E-state index is -4.25. The first-order valence-corrected chi connectivity index (χ1v) is 11.8. The summed E-state index contributed by atoms with van der Waals surface area (Å²) in [6, 6.07) is 12.7. The van der Waals surface area contributed by atoms with Crippen LogP contribution in [0.1, 0.15) is 29.5 Å².